The Labute approximate surface area is 169 Å². The molecule has 1 fully saturated rings. The predicted octanol–water partition coefficient (Wildman–Crippen LogP) is 3.86. The Bertz CT molecular complexity index is 679. The summed E-state index contributed by atoms with van der Waals surface area (Å²) in [5.74, 6) is 0.850. The summed E-state index contributed by atoms with van der Waals surface area (Å²) in [5, 5.41) is 0. The fraction of sp³-hybridized carbons (Fsp3) is 0.600. The Morgan fingerprint density at radius 3 is 2.41 bits per heavy atom. The van der Waals surface area contributed by atoms with Crippen molar-refractivity contribution in [2.75, 3.05) is 27.2 Å². The number of hydrogen-bond acceptors (Lipinski definition) is 4. The van der Waals surface area contributed by atoms with Crippen molar-refractivity contribution in [3.05, 3.63) is 28.2 Å². The summed E-state index contributed by atoms with van der Waals surface area (Å²) in [6, 6.07) is 5.78. The maximum atomic E-state index is 12.6. The van der Waals surface area contributed by atoms with E-state index in [2.05, 4.69) is 15.9 Å². The Morgan fingerprint density at radius 1 is 1.26 bits per heavy atom. The van der Waals surface area contributed by atoms with Crippen LogP contribution in [0.2, 0.25) is 0 Å². The summed E-state index contributed by atoms with van der Waals surface area (Å²) >= 11 is 3.45. The number of halogens is 1. The van der Waals surface area contributed by atoms with Gasteiger partial charge in [-0.15, -0.1) is 0 Å². The van der Waals surface area contributed by atoms with Crippen LogP contribution in [0.15, 0.2) is 22.7 Å². The number of benzene rings is 1. The summed E-state index contributed by atoms with van der Waals surface area (Å²) in [6.45, 7) is 6.87. The van der Waals surface area contributed by atoms with Crippen LogP contribution < -0.4 is 4.74 Å². The SMILES string of the molecule is COc1ccc(CC(=O)N2CCC(N(C)C(=O)OC(C)(C)C)CC2)cc1Br. The molecule has 0 N–H and O–H groups in total. The lowest BCUT2D eigenvalue weighted by atomic mass is 10.0. The van der Waals surface area contributed by atoms with E-state index >= 15 is 0 Å². The van der Waals surface area contributed by atoms with Gasteiger partial charge in [0, 0.05) is 26.2 Å². The molecule has 6 nitrogen and oxygen atoms in total. The maximum absolute atomic E-state index is 12.6. The zero-order valence-corrected chi connectivity index (χ0v) is 18.3. The highest BCUT2D eigenvalue weighted by Gasteiger charge is 2.29. The second kappa shape index (κ2) is 8.95. The van der Waals surface area contributed by atoms with Crippen molar-refractivity contribution in [1.29, 1.82) is 0 Å². The lowest BCUT2D eigenvalue weighted by Crippen LogP contribution is -2.48. The molecule has 0 unspecified atom stereocenters. The van der Waals surface area contributed by atoms with E-state index in [4.69, 9.17) is 9.47 Å². The molecule has 0 aliphatic carbocycles. The van der Waals surface area contributed by atoms with Crippen LogP contribution >= 0.6 is 15.9 Å². The number of carbonyl (C=O) groups excluding carboxylic acids is 2. The maximum Gasteiger partial charge on any atom is 0.410 e. The van der Waals surface area contributed by atoms with Gasteiger partial charge in [0.25, 0.3) is 0 Å². The molecular formula is C20H29BrN2O4. The summed E-state index contributed by atoms with van der Waals surface area (Å²) in [6.07, 6.45) is 1.56. The first-order valence-corrected chi connectivity index (χ1v) is 9.96. The lowest BCUT2D eigenvalue weighted by molar-refractivity contribution is -0.131. The van der Waals surface area contributed by atoms with Crippen LogP contribution in [0.25, 0.3) is 0 Å². The molecule has 1 saturated heterocycles. The summed E-state index contributed by atoms with van der Waals surface area (Å²) in [7, 11) is 3.38. The van der Waals surface area contributed by atoms with Crippen molar-refractivity contribution in [3.8, 4) is 5.75 Å². The highest BCUT2D eigenvalue weighted by Crippen LogP contribution is 2.26. The molecular weight excluding hydrogens is 412 g/mol. The summed E-state index contributed by atoms with van der Waals surface area (Å²) in [4.78, 5) is 28.3. The van der Waals surface area contributed by atoms with Gasteiger partial charge < -0.3 is 19.3 Å². The molecule has 0 spiro atoms. The van der Waals surface area contributed by atoms with Crippen LogP contribution in [0.4, 0.5) is 4.79 Å². The van der Waals surface area contributed by atoms with Crippen LogP contribution in [-0.2, 0) is 16.0 Å². The number of nitrogens with zero attached hydrogens (tertiary/aromatic N) is 2. The van der Waals surface area contributed by atoms with E-state index in [1.165, 1.54) is 0 Å². The molecule has 2 amide bonds. The number of ether oxygens (including phenoxy) is 2. The first kappa shape index (κ1) is 21.5. The van der Waals surface area contributed by atoms with Crippen molar-refractivity contribution in [2.45, 2.75) is 51.7 Å². The van der Waals surface area contributed by atoms with Crippen molar-refractivity contribution < 1.29 is 19.1 Å². The smallest absolute Gasteiger partial charge is 0.410 e. The van der Waals surface area contributed by atoms with Gasteiger partial charge in [-0.05, 0) is 67.2 Å². The molecule has 1 heterocycles. The Morgan fingerprint density at radius 2 is 1.89 bits per heavy atom. The largest absolute Gasteiger partial charge is 0.496 e. The van der Waals surface area contributed by atoms with E-state index in [0.29, 0.717) is 19.5 Å². The number of methoxy groups -OCH3 is 1. The molecule has 1 aromatic carbocycles. The first-order chi connectivity index (χ1) is 12.6. The molecule has 150 valence electrons. The predicted molar refractivity (Wildman–Crippen MR) is 108 cm³/mol. The zero-order valence-electron chi connectivity index (χ0n) is 16.8. The quantitative estimate of drug-likeness (QED) is 0.712. The molecule has 0 bridgehead atoms. The normalized spacial score (nSPS) is 15.4. The molecule has 1 aliphatic rings. The Balaban J connectivity index is 1.86. The fourth-order valence-electron chi connectivity index (χ4n) is 3.09. The number of rotatable bonds is 4. The van der Waals surface area contributed by atoms with Crippen molar-refractivity contribution in [1.82, 2.24) is 9.80 Å². The Kier molecular flexibility index (Phi) is 7.14. The molecule has 1 aromatic rings. The summed E-state index contributed by atoms with van der Waals surface area (Å²) < 4.78 is 11.5. The minimum Gasteiger partial charge on any atom is -0.496 e. The molecule has 0 radical (unpaired) electrons. The van der Waals surface area contributed by atoms with E-state index in [0.717, 1.165) is 28.6 Å². The van der Waals surface area contributed by atoms with E-state index in [-0.39, 0.29) is 18.0 Å². The van der Waals surface area contributed by atoms with Gasteiger partial charge in [0.05, 0.1) is 18.0 Å². The van der Waals surface area contributed by atoms with Crippen LogP contribution in [0.5, 0.6) is 5.75 Å². The highest BCUT2D eigenvalue weighted by molar-refractivity contribution is 9.10. The van der Waals surface area contributed by atoms with Crippen LogP contribution in [0.3, 0.4) is 0 Å². The second-order valence-corrected chi connectivity index (χ2v) is 8.70. The highest BCUT2D eigenvalue weighted by atomic mass is 79.9. The fourth-order valence-corrected chi connectivity index (χ4v) is 3.68. The van der Waals surface area contributed by atoms with Crippen LogP contribution in [0.1, 0.15) is 39.2 Å². The van der Waals surface area contributed by atoms with E-state index < -0.39 is 5.60 Å². The standard InChI is InChI=1S/C20H29BrN2O4/c1-20(2,3)27-19(25)22(4)15-8-10-23(11-9-15)18(24)13-14-6-7-17(26-5)16(21)12-14/h6-7,12,15H,8-11,13H2,1-5H3. The molecule has 1 aliphatic heterocycles. The van der Waals surface area contributed by atoms with Crippen LogP contribution in [-0.4, -0.2) is 60.7 Å². The van der Waals surface area contributed by atoms with Crippen molar-refractivity contribution >= 4 is 27.9 Å². The molecule has 0 aromatic heterocycles. The molecule has 27 heavy (non-hydrogen) atoms. The lowest BCUT2D eigenvalue weighted by Gasteiger charge is -2.37. The number of likely N-dealkylation sites (tertiary alicyclic amines) is 1. The molecule has 0 saturated carbocycles. The molecule has 0 atom stereocenters. The van der Waals surface area contributed by atoms with Gasteiger partial charge >= 0.3 is 6.09 Å². The van der Waals surface area contributed by atoms with Gasteiger partial charge in [0.15, 0.2) is 0 Å². The van der Waals surface area contributed by atoms with Gasteiger partial charge in [-0.2, -0.15) is 0 Å². The van der Waals surface area contributed by atoms with Crippen molar-refractivity contribution in [3.63, 3.8) is 0 Å². The minimum absolute atomic E-state index is 0.0963. The monoisotopic (exact) mass is 440 g/mol. The number of hydrogen-bond donors (Lipinski definition) is 0. The third-order valence-corrected chi connectivity index (χ3v) is 5.24. The van der Waals surface area contributed by atoms with Gasteiger partial charge in [-0.25, -0.2) is 4.79 Å². The van der Waals surface area contributed by atoms with Gasteiger partial charge in [-0.3, -0.25) is 4.79 Å². The average Bonchev–Trinajstić information content (AvgIpc) is 2.60. The van der Waals surface area contributed by atoms with Gasteiger partial charge in [-0.1, -0.05) is 6.07 Å². The van der Waals surface area contributed by atoms with Crippen LogP contribution in [0, 0.1) is 0 Å². The number of piperidine rings is 1. The van der Waals surface area contributed by atoms with E-state index in [1.807, 2.05) is 43.9 Å². The first-order valence-electron chi connectivity index (χ1n) is 9.16. The Hall–Kier alpha value is -1.76. The average molecular weight is 441 g/mol. The number of amides is 2. The topological polar surface area (TPSA) is 59.1 Å². The van der Waals surface area contributed by atoms with E-state index in [1.54, 1.807) is 19.1 Å². The molecule has 7 heteroatoms. The zero-order chi connectivity index (χ0) is 20.2. The third kappa shape index (κ3) is 6.13. The van der Waals surface area contributed by atoms with E-state index in [9.17, 15) is 9.59 Å². The van der Waals surface area contributed by atoms with Crippen molar-refractivity contribution in [2.24, 2.45) is 0 Å². The second-order valence-electron chi connectivity index (χ2n) is 7.85. The number of carbonyl (C=O) groups is 2. The molecule has 2 rings (SSSR count). The van der Waals surface area contributed by atoms with Gasteiger partial charge in [0.1, 0.15) is 11.4 Å². The summed E-state index contributed by atoms with van der Waals surface area (Å²) in [5.41, 5.74) is 0.440. The minimum atomic E-state index is -0.505. The third-order valence-electron chi connectivity index (χ3n) is 4.62. The van der Waals surface area contributed by atoms with Gasteiger partial charge in [0.2, 0.25) is 5.91 Å².